The molecule has 23 heavy (non-hydrogen) atoms. The Hall–Kier alpha value is -2.36. The van der Waals surface area contributed by atoms with Crippen LogP contribution in [0.15, 0.2) is 48.7 Å². The SMILES string of the molecule is CCCCCNc1ccc(C(=O)N(C)Cc2ccccc2)nc1. The number of rotatable bonds is 8. The molecule has 1 heterocycles. The number of nitrogens with zero attached hydrogens (tertiary/aromatic N) is 2. The molecular weight excluding hydrogens is 286 g/mol. The van der Waals surface area contributed by atoms with E-state index < -0.39 is 0 Å². The molecule has 0 radical (unpaired) electrons. The molecule has 1 amide bonds. The molecule has 0 spiro atoms. The fraction of sp³-hybridized carbons (Fsp3) is 0.368. The first-order valence-corrected chi connectivity index (χ1v) is 8.20. The molecule has 0 aliphatic carbocycles. The average Bonchev–Trinajstić information content (AvgIpc) is 2.59. The lowest BCUT2D eigenvalue weighted by Gasteiger charge is -2.17. The fourth-order valence-electron chi connectivity index (χ4n) is 2.36. The molecule has 4 heteroatoms. The fourth-order valence-corrected chi connectivity index (χ4v) is 2.36. The molecule has 0 atom stereocenters. The van der Waals surface area contributed by atoms with E-state index in [1.54, 1.807) is 24.2 Å². The predicted octanol–water partition coefficient (Wildman–Crippen LogP) is 3.96. The second-order valence-electron chi connectivity index (χ2n) is 5.71. The molecule has 0 unspecified atom stereocenters. The molecule has 1 aromatic carbocycles. The van der Waals surface area contributed by atoms with Crippen LogP contribution in [0, 0.1) is 0 Å². The van der Waals surface area contributed by atoms with Crippen molar-refractivity contribution in [2.75, 3.05) is 18.9 Å². The third kappa shape index (κ3) is 5.40. The number of pyridine rings is 1. The van der Waals surface area contributed by atoms with Crippen molar-refractivity contribution in [3.63, 3.8) is 0 Å². The van der Waals surface area contributed by atoms with Crippen LogP contribution in [-0.2, 0) is 6.54 Å². The second-order valence-corrected chi connectivity index (χ2v) is 5.71. The van der Waals surface area contributed by atoms with Gasteiger partial charge >= 0.3 is 0 Å². The van der Waals surface area contributed by atoms with E-state index in [9.17, 15) is 4.79 Å². The quantitative estimate of drug-likeness (QED) is 0.751. The number of aromatic nitrogens is 1. The van der Waals surface area contributed by atoms with Gasteiger partial charge in [0, 0.05) is 20.1 Å². The van der Waals surface area contributed by atoms with Gasteiger partial charge in [0.25, 0.3) is 5.91 Å². The summed E-state index contributed by atoms with van der Waals surface area (Å²) in [5.74, 6) is -0.0635. The van der Waals surface area contributed by atoms with Crippen molar-refractivity contribution in [3.05, 3.63) is 59.9 Å². The van der Waals surface area contributed by atoms with Crippen LogP contribution in [0.4, 0.5) is 5.69 Å². The maximum absolute atomic E-state index is 12.4. The van der Waals surface area contributed by atoms with Gasteiger partial charge in [-0.15, -0.1) is 0 Å². The Morgan fingerprint density at radius 1 is 1.13 bits per heavy atom. The lowest BCUT2D eigenvalue weighted by Crippen LogP contribution is -2.27. The largest absolute Gasteiger partial charge is 0.384 e. The van der Waals surface area contributed by atoms with Crippen LogP contribution < -0.4 is 5.32 Å². The summed E-state index contributed by atoms with van der Waals surface area (Å²) in [4.78, 5) is 18.4. The summed E-state index contributed by atoms with van der Waals surface area (Å²) < 4.78 is 0. The minimum absolute atomic E-state index is 0.0635. The van der Waals surface area contributed by atoms with E-state index in [2.05, 4.69) is 17.2 Å². The molecule has 1 aromatic heterocycles. The maximum Gasteiger partial charge on any atom is 0.272 e. The van der Waals surface area contributed by atoms with Gasteiger partial charge in [-0.1, -0.05) is 50.1 Å². The highest BCUT2D eigenvalue weighted by molar-refractivity contribution is 5.92. The van der Waals surface area contributed by atoms with Gasteiger partial charge < -0.3 is 10.2 Å². The average molecular weight is 311 g/mol. The number of anilines is 1. The van der Waals surface area contributed by atoms with E-state index >= 15 is 0 Å². The van der Waals surface area contributed by atoms with E-state index in [4.69, 9.17) is 0 Å². The van der Waals surface area contributed by atoms with Crippen molar-refractivity contribution in [1.82, 2.24) is 9.88 Å². The lowest BCUT2D eigenvalue weighted by atomic mass is 10.2. The molecular formula is C19H25N3O. The standard InChI is InChI=1S/C19H25N3O/c1-3-4-8-13-20-17-11-12-18(21-14-17)19(23)22(2)15-16-9-6-5-7-10-16/h5-7,9-12,14,20H,3-4,8,13,15H2,1-2H3. The maximum atomic E-state index is 12.4. The van der Waals surface area contributed by atoms with Gasteiger partial charge in [0.1, 0.15) is 5.69 Å². The van der Waals surface area contributed by atoms with Gasteiger partial charge in [-0.25, -0.2) is 4.98 Å². The first-order chi connectivity index (χ1) is 11.2. The molecule has 0 aliphatic rings. The summed E-state index contributed by atoms with van der Waals surface area (Å²) in [6.45, 7) is 3.71. The van der Waals surface area contributed by atoms with Gasteiger partial charge in [-0.2, -0.15) is 0 Å². The molecule has 0 saturated carbocycles. The van der Waals surface area contributed by atoms with Gasteiger partial charge in [0.15, 0.2) is 0 Å². The Kier molecular flexibility index (Phi) is 6.60. The molecule has 0 bridgehead atoms. The van der Waals surface area contributed by atoms with Gasteiger partial charge in [-0.05, 0) is 24.1 Å². The summed E-state index contributed by atoms with van der Waals surface area (Å²) >= 11 is 0. The molecule has 2 aromatic rings. The number of unbranched alkanes of at least 4 members (excludes halogenated alkanes) is 2. The van der Waals surface area contributed by atoms with Crippen LogP contribution in [0.25, 0.3) is 0 Å². The van der Waals surface area contributed by atoms with Crippen molar-refractivity contribution in [2.45, 2.75) is 32.7 Å². The first-order valence-electron chi connectivity index (χ1n) is 8.20. The third-order valence-electron chi connectivity index (χ3n) is 3.70. The number of amides is 1. The van der Waals surface area contributed by atoms with Crippen LogP contribution in [0.2, 0.25) is 0 Å². The summed E-state index contributed by atoms with van der Waals surface area (Å²) in [5, 5.41) is 3.33. The summed E-state index contributed by atoms with van der Waals surface area (Å²) in [7, 11) is 1.80. The van der Waals surface area contributed by atoms with Crippen LogP contribution in [0.5, 0.6) is 0 Å². The van der Waals surface area contributed by atoms with Crippen LogP contribution in [0.3, 0.4) is 0 Å². The summed E-state index contributed by atoms with van der Waals surface area (Å²) in [6, 6.07) is 13.7. The molecule has 122 valence electrons. The molecule has 0 aliphatic heterocycles. The summed E-state index contributed by atoms with van der Waals surface area (Å²) in [5.41, 5.74) is 2.54. The Morgan fingerprint density at radius 3 is 2.57 bits per heavy atom. The molecule has 0 saturated heterocycles. The van der Waals surface area contributed by atoms with E-state index in [1.807, 2.05) is 36.4 Å². The second kappa shape index (κ2) is 8.93. The van der Waals surface area contributed by atoms with Crippen molar-refractivity contribution in [1.29, 1.82) is 0 Å². The summed E-state index contributed by atoms with van der Waals surface area (Å²) in [6.07, 6.45) is 5.31. The smallest absolute Gasteiger partial charge is 0.272 e. The van der Waals surface area contributed by atoms with Crippen LogP contribution in [-0.4, -0.2) is 29.4 Å². The zero-order valence-electron chi connectivity index (χ0n) is 14.0. The zero-order chi connectivity index (χ0) is 16.5. The Bertz CT molecular complexity index is 596. The number of benzene rings is 1. The third-order valence-corrected chi connectivity index (χ3v) is 3.70. The number of hydrogen-bond donors (Lipinski definition) is 1. The molecule has 2 rings (SSSR count). The number of carbonyl (C=O) groups is 1. The lowest BCUT2D eigenvalue weighted by molar-refractivity contribution is 0.0779. The van der Waals surface area contributed by atoms with Gasteiger partial charge in [0.05, 0.1) is 11.9 Å². The molecule has 4 nitrogen and oxygen atoms in total. The highest BCUT2D eigenvalue weighted by Crippen LogP contribution is 2.10. The minimum atomic E-state index is -0.0635. The van der Waals surface area contributed by atoms with E-state index in [-0.39, 0.29) is 5.91 Å². The number of hydrogen-bond acceptors (Lipinski definition) is 3. The Labute approximate surface area is 138 Å². The van der Waals surface area contributed by atoms with Crippen LogP contribution in [0.1, 0.15) is 42.2 Å². The van der Waals surface area contributed by atoms with E-state index in [0.29, 0.717) is 12.2 Å². The zero-order valence-corrected chi connectivity index (χ0v) is 14.0. The van der Waals surface area contributed by atoms with E-state index in [0.717, 1.165) is 24.2 Å². The first kappa shape index (κ1) is 17.0. The van der Waals surface area contributed by atoms with Crippen molar-refractivity contribution in [2.24, 2.45) is 0 Å². The normalized spacial score (nSPS) is 10.3. The predicted molar refractivity (Wildman–Crippen MR) is 94.5 cm³/mol. The van der Waals surface area contributed by atoms with E-state index in [1.165, 1.54) is 12.8 Å². The van der Waals surface area contributed by atoms with Gasteiger partial charge in [0.2, 0.25) is 0 Å². The highest BCUT2D eigenvalue weighted by atomic mass is 16.2. The topological polar surface area (TPSA) is 45.2 Å². The minimum Gasteiger partial charge on any atom is -0.384 e. The van der Waals surface area contributed by atoms with Crippen molar-refractivity contribution < 1.29 is 4.79 Å². The van der Waals surface area contributed by atoms with Crippen molar-refractivity contribution >= 4 is 11.6 Å². The van der Waals surface area contributed by atoms with Crippen LogP contribution >= 0.6 is 0 Å². The Balaban J connectivity index is 1.89. The molecule has 0 fully saturated rings. The number of nitrogens with one attached hydrogen (secondary N) is 1. The van der Waals surface area contributed by atoms with Crippen molar-refractivity contribution in [3.8, 4) is 0 Å². The number of carbonyl (C=O) groups excluding carboxylic acids is 1. The molecule has 1 N–H and O–H groups in total. The highest BCUT2D eigenvalue weighted by Gasteiger charge is 2.13. The van der Waals surface area contributed by atoms with Gasteiger partial charge in [-0.3, -0.25) is 4.79 Å². The monoisotopic (exact) mass is 311 g/mol. The Morgan fingerprint density at radius 2 is 1.91 bits per heavy atom.